The molecule has 1 atom stereocenters. The molecule has 1 unspecified atom stereocenters. The highest BCUT2D eigenvalue weighted by atomic mass is 32.2. The third-order valence-electron chi connectivity index (χ3n) is 2.97. The van der Waals surface area contributed by atoms with Crippen LogP contribution in [0.25, 0.3) is 0 Å². The van der Waals surface area contributed by atoms with Crippen molar-refractivity contribution in [2.45, 2.75) is 38.4 Å². The van der Waals surface area contributed by atoms with Crippen molar-refractivity contribution < 1.29 is 24.2 Å². The number of carbonyl (C=O) groups excluding carboxylic acids is 2. The summed E-state index contributed by atoms with van der Waals surface area (Å²) in [6, 6.07) is 6.76. The molecule has 1 saturated heterocycles. The highest BCUT2D eigenvalue weighted by molar-refractivity contribution is 8.15. The van der Waals surface area contributed by atoms with Crippen LogP contribution in [0.5, 0.6) is 5.75 Å². The van der Waals surface area contributed by atoms with Crippen molar-refractivity contribution in [1.82, 2.24) is 5.32 Å². The number of amides is 2. The standard InChI is InChI=1S/C12H11NO5S.C4H10/c14-10(15)6-18-8-3-1-7(2-4-8)5-9-11(16)13-12(17)19-9;1-3-4-2/h1-4,9H,5-6H2,(H,14,15)(H,13,16,17);3-4H2,1-2H3. The van der Waals surface area contributed by atoms with Gasteiger partial charge in [0.05, 0.1) is 5.25 Å². The van der Waals surface area contributed by atoms with E-state index >= 15 is 0 Å². The van der Waals surface area contributed by atoms with Gasteiger partial charge in [-0.3, -0.25) is 14.9 Å². The normalized spacial score (nSPS) is 16.3. The van der Waals surface area contributed by atoms with E-state index in [-0.39, 0.29) is 11.1 Å². The van der Waals surface area contributed by atoms with E-state index in [0.717, 1.165) is 17.3 Å². The van der Waals surface area contributed by atoms with Crippen LogP contribution in [0.4, 0.5) is 4.79 Å². The molecule has 1 fully saturated rings. The van der Waals surface area contributed by atoms with Gasteiger partial charge in [0.25, 0.3) is 5.24 Å². The molecule has 0 saturated carbocycles. The number of ether oxygens (including phenoxy) is 1. The number of nitrogens with one attached hydrogen (secondary N) is 1. The van der Waals surface area contributed by atoms with Crippen molar-refractivity contribution >= 4 is 28.9 Å². The van der Waals surface area contributed by atoms with Crippen LogP contribution in [0.3, 0.4) is 0 Å². The van der Waals surface area contributed by atoms with Crippen LogP contribution in [-0.4, -0.2) is 34.1 Å². The van der Waals surface area contributed by atoms with Gasteiger partial charge >= 0.3 is 5.97 Å². The number of thioether (sulfide) groups is 1. The first kappa shape index (κ1) is 19.0. The average Bonchev–Trinajstić information content (AvgIpc) is 2.84. The third kappa shape index (κ3) is 7.19. The molecular formula is C16H21NO5S. The van der Waals surface area contributed by atoms with Crippen molar-refractivity contribution in [2.75, 3.05) is 6.61 Å². The summed E-state index contributed by atoms with van der Waals surface area (Å²) in [4.78, 5) is 32.7. The quantitative estimate of drug-likeness (QED) is 0.828. The zero-order valence-electron chi connectivity index (χ0n) is 13.2. The lowest BCUT2D eigenvalue weighted by molar-refractivity contribution is -0.139. The van der Waals surface area contributed by atoms with Gasteiger partial charge in [-0.05, 0) is 24.1 Å². The van der Waals surface area contributed by atoms with Crippen LogP contribution in [0.1, 0.15) is 32.3 Å². The monoisotopic (exact) mass is 339 g/mol. The molecule has 1 aliphatic heterocycles. The maximum Gasteiger partial charge on any atom is 0.341 e. The Bertz CT molecular complexity index is 542. The van der Waals surface area contributed by atoms with E-state index < -0.39 is 17.8 Å². The lowest BCUT2D eigenvalue weighted by Crippen LogP contribution is -2.25. The lowest BCUT2D eigenvalue weighted by Gasteiger charge is -2.07. The summed E-state index contributed by atoms with van der Waals surface area (Å²) in [6.07, 6.45) is 3.08. The molecule has 0 aromatic heterocycles. The molecule has 126 valence electrons. The largest absolute Gasteiger partial charge is 0.482 e. The van der Waals surface area contributed by atoms with Crippen molar-refractivity contribution in [3.05, 3.63) is 29.8 Å². The van der Waals surface area contributed by atoms with Gasteiger partial charge in [0.2, 0.25) is 5.91 Å². The number of benzene rings is 1. The second-order valence-corrected chi connectivity index (χ2v) is 6.09. The van der Waals surface area contributed by atoms with E-state index in [1.165, 1.54) is 12.8 Å². The van der Waals surface area contributed by atoms with Gasteiger partial charge in [-0.25, -0.2) is 4.79 Å². The van der Waals surface area contributed by atoms with Crippen molar-refractivity contribution in [2.24, 2.45) is 0 Å². The van der Waals surface area contributed by atoms with Crippen molar-refractivity contribution in [3.63, 3.8) is 0 Å². The molecule has 1 heterocycles. The first-order chi connectivity index (χ1) is 11.0. The molecule has 0 bridgehead atoms. The minimum absolute atomic E-state index is 0.277. The molecule has 1 aliphatic rings. The molecule has 2 rings (SSSR count). The second-order valence-electron chi connectivity index (χ2n) is 4.91. The lowest BCUT2D eigenvalue weighted by atomic mass is 10.1. The smallest absolute Gasteiger partial charge is 0.341 e. The minimum atomic E-state index is -1.04. The fourth-order valence-electron chi connectivity index (χ4n) is 1.61. The fourth-order valence-corrected chi connectivity index (χ4v) is 2.47. The van der Waals surface area contributed by atoms with E-state index in [1.54, 1.807) is 24.3 Å². The molecule has 0 radical (unpaired) electrons. The van der Waals surface area contributed by atoms with E-state index in [0.29, 0.717) is 12.2 Å². The molecule has 23 heavy (non-hydrogen) atoms. The average molecular weight is 339 g/mol. The Labute approximate surface area is 139 Å². The molecule has 0 spiro atoms. The number of carbonyl (C=O) groups is 3. The number of aliphatic carboxylic acids is 1. The molecule has 0 aliphatic carbocycles. The van der Waals surface area contributed by atoms with Gasteiger partial charge in [-0.1, -0.05) is 50.6 Å². The first-order valence-electron chi connectivity index (χ1n) is 7.41. The van der Waals surface area contributed by atoms with Gasteiger partial charge in [0.15, 0.2) is 6.61 Å². The second kappa shape index (κ2) is 9.89. The summed E-state index contributed by atoms with van der Waals surface area (Å²) in [5.74, 6) is -0.867. The summed E-state index contributed by atoms with van der Waals surface area (Å²) in [5, 5.41) is 9.97. The first-order valence-corrected chi connectivity index (χ1v) is 8.29. The SMILES string of the molecule is CCCC.O=C(O)COc1ccc(CC2SC(=O)NC2=O)cc1. The van der Waals surface area contributed by atoms with Crippen LogP contribution in [0.2, 0.25) is 0 Å². The number of rotatable bonds is 6. The third-order valence-corrected chi connectivity index (χ3v) is 3.96. The summed E-state index contributed by atoms with van der Waals surface area (Å²) >= 11 is 0.978. The number of imide groups is 1. The Morgan fingerprint density at radius 3 is 2.26 bits per heavy atom. The van der Waals surface area contributed by atoms with Gasteiger partial charge in [0.1, 0.15) is 5.75 Å². The minimum Gasteiger partial charge on any atom is -0.482 e. The summed E-state index contributed by atoms with van der Waals surface area (Å²) in [5.41, 5.74) is 0.880. The molecule has 7 heteroatoms. The van der Waals surface area contributed by atoms with Crippen molar-refractivity contribution in [3.8, 4) is 5.75 Å². The van der Waals surface area contributed by atoms with Crippen LogP contribution >= 0.6 is 11.8 Å². The van der Waals surface area contributed by atoms with Crippen molar-refractivity contribution in [1.29, 1.82) is 0 Å². The van der Waals surface area contributed by atoms with E-state index in [4.69, 9.17) is 9.84 Å². The van der Waals surface area contributed by atoms with Crippen LogP contribution in [0, 0.1) is 0 Å². The summed E-state index contributed by atoms with van der Waals surface area (Å²) in [7, 11) is 0. The summed E-state index contributed by atoms with van der Waals surface area (Å²) < 4.78 is 4.99. The van der Waals surface area contributed by atoms with Gasteiger partial charge in [-0.2, -0.15) is 0 Å². The molecule has 2 amide bonds. The molecule has 2 N–H and O–H groups in total. The van der Waals surface area contributed by atoms with Gasteiger partial charge < -0.3 is 9.84 Å². The number of carboxylic acids is 1. The fraction of sp³-hybridized carbons (Fsp3) is 0.438. The number of hydrogen-bond donors (Lipinski definition) is 2. The molecule has 1 aromatic rings. The molecule has 1 aromatic carbocycles. The Morgan fingerprint density at radius 1 is 1.22 bits per heavy atom. The Morgan fingerprint density at radius 2 is 1.83 bits per heavy atom. The zero-order valence-corrected chi connectivity index (χ0v) is 14.0. The number of unbranched alkanes of at least 4 members (excludes halogenated alkanes) is 1. The van der Waals surface area contributed by atoms with Crippen LogP contribution in [-0.2, 0) is 16.0 Å². The maximum absolute atomic E-state index is 11.4. The van der Waals surface area contributed by atoms with Gasteiger partial charge in [0, 0.05) is 0 Å². The van der Waals surface area contributed by atoms with E-state index in [2.05, 4.69) is 19.2 Å². The summed E-state index contributed by atoms with van der Waals surface area (Å²) in [6.45, 7) is 3.97. The Kier molecular flexibility index (Phi) is 8.18. The van der Waals surface area contributed by atoms with E-state index in [9.17, 15) is 14.4 Å². The topological polar surface area (TPSA) is 92.7 Å². The van der Waals surface area contributed by atoms with E-state index in [1.807, 2.05) is 0 Å². The van der Waals surface area contributed by atoms with Crippen LogP contribution in [0.15, 0.2) is 24.3 Å². The molecule has 6 nitrogen and oxygen atoms in total. The highest BCUT2D eigenvalue weighted by Gasteiger charge is 2.31. The maximum atomic E-state index is 11.4. The predicted molar refractivity (Wildman–Crippen MR) is 88.8 cm³/mol. The molecular weight excluding hydrogens is 318 g/mol. The highest BCUT2D eigenvalue weighted by Crippen LogP contribution is 2.23. The Hall–Kier alpha value is -2.02. The zero-order chi connectivity index (χ0) is 17.2. The number of hydrogen-bond acceptors (Lipinski definition) is 5. The van der Waals surface area contributed by atoms with Gasteiger partial charge in [-0.15, -0.1) is 0 Å². The Balaban J connectivity index is 0.000000593. The number of carboxylic acid groups (broad SMARTS) is 1. The van der Waals surface area contributed by atoms with Crippen LogP contribution < -0.4 is 10.1 Å². The predicted octanol–water partition coefficient (Wildman–Crippen LogP) is 2.85.